The van der Waals surface area contributed by atoms with E-state index in [9.17, 15) is 9.59 Å². The van der Waals surface area contributed by atoms with Gasteiger partial charge in [0, 0.05) is 70.8 Å². The van der Waals surface area contributed by atoms with Crippen LogP contribution in [0.25, 0.3) is 5.32 Å². The summed E-state index contributed by atoms with van der Waals surface area (Å²) in [5, 5.41) is 7.31. The SMILES string of the molecule is [CH2-]C(=O)C1(NC(=O)c2ccc(N3CC[N-]CC3)cc2)CCCCC1.[W].[Y]. The number of hydrogen-bond acceptors (Lipinski definition) is 3. The maximum atomic E-state index is 12.6. The van der Waals surface area contributed by atoms with E-state index in [-0.39, 0.29) is 65.5 Å². The van der Waals surface area contributed by atoms with Crippen molar-refractivity contribution in [1.82, 2.24) is 5.32 Å². The van der Waals surface area contributed by atoms with Crippen LogP contribution in [0.15, 0.2) is 24.3 Å². The number of nitrogens with zero attached hydrogens (tertiary/aromatic N) is 2. The molecule has 1 heterocycles. The van der Waals surface area contributed by atoms with Crippen molar-refractivity contribution in [3.05, 3.63) is 42.1 Å². The average molecular weight is 600 g/mol. The molecule has 0 spiro atoms. The van der Waals surface area contributed by atoms with E-state index in [0.29, 0.717) is 18.4 Å². The molecular weight excluding hydrogens is 575 g/mol. The molecule has 0 bridgehead atoms. The quantitative estimate of drug-likeness (QED) is 0.542. The molecule has 0 unspecified atom stereocenters. The van der Waals surface area contributed by atoms with Crippen LogP contribution in [-0.4, -0.2) is 43.4 Å². The number of ketones is 1. The second kappa shape index (κ2) is 10.9. The Labute approximate surface area is 195 Å². The van der Waals surface area contributed by atoms with Crippen LogP contribution in [0.2, 0.25) is 0 Å². The van der Waals surface area contributed by atoms with Crippen molar-refractivity contribution >= 4 is 17.4 Å². The first-order valence-corrected chi connectivity index (χ1v) is 8.78. The number of piperazine rings is 1. The number of rotatable bonds is 4. The van der Waals surface area contributed by atoms with Gasteiger partial charge in [-0.15, -0.1) is 13.1 Å². The molecule has 1 saturated carbocycles. The van der Waals surface area contributed by atoms with Gasteiger partial charge in [0.25, 0.3) is 5.91 Å². The van der Waals surface area contributed by atoms with Gasteiger partial charge in [0.05, 0.1) is 5.54 Å². The van der Waals surface area contributed by atoms with Gasteiger partial charge < -0.3 is 27.3 Å². The number of carbonyl (C=O) groups is 2. The maximum Gasteiger partial charge on any atom is 0.251 e. The second-order valence-electron chi connectivity index (χ2n) is 6.72. The Bertz CT molecular complexity index is 597. The fourth-order valence-electron chi connectivity index (χ4n) is 3.61. The molecule has 1 aliphatic heterocycles. The van der Waals surface area contributed by atoms with Crippen molar-refractivity contribution < 1.29 is 63.4 Å². The minimum Gasteiger partial charge on any atom is -0.659 e. The second-order valence-corrected chi connectivity index (χ2v) is 6.72. The summed E-state index contributed by atoms with van der Waals surface area (Å²) in [5.74, 6) is -0.363. The molecule has 2 fully saturated rings. The number of Topliss-reactive ketones (excluding diaryl/α,β-unsaturated/α-hetero) is 1. The predicted molar refractivity (Wildman–Crippen MR) is 95.4 cm³/mol. The first-order chi connectivity index (χ1) is 11.6. The van der Waals surface area contributed by atoms with Crippen LogP contribution in [0, 0.1) is 6.92 Å². The van der Waals surface area contributed by atoms with Gasteiger partial charge in [0.15, 0.2) is 0 Å². The van der Waals surface area contributed by atoms with Crippen molar-refractivity contribution in [3.8, 4) is 0 Å². The third-order valence-corrected chi connectivity index (χ3v) is 5.14. The molecule has 5 nitrogen and oxygen atoms in total. The van der Waals surface area contributed by atoms with E-state index in [1.54, 1.807) is 0 Å². The molecule has 1 aromatic carbocycles. The molecule has 2 aliphatic rings. The van der Waals surface area contributed by atoms with Gasteiger partial charge in [0.2, 0.25) is 0 Å². The normalized spacial score (nSPS) is 18.8. The Morgan fingerprint density at radius 2 is 1.62 bits per heavy atom. The van der Waals surface area contributed by atoms with Crippen LogP contribution in [0.3, 0.4) is 0 Å². The van der Waals surface area contributed by atoms with Crippen LogP contribution in [0.4, 0.5) is 5.69 Å². The number of carbonyl (C=O) groups excluding carboxylic acids is 2. The van der Waals surface area contributed by atoms with E-state index in [2.05, 4.69) is 22.5 Å². The van der Waals surface area contributed by atoms with Crippen molar-refractivity contribution in [2.75, 3.05) is 31.1 Å². The van der Waals surface area contributed by atoms with Gasteiger partial charge >= 0.3 is 0 Å². The Kier molecular flexibility index (Phi) is 10.0. The zero-order valence-corrected chi connectivity index (χ0v) is 20.8. The molecule has 3 rings (SSSR count). The van der Waals surface area contributed by atoms with Gasteiger partial charge in [-0.05, 0) is 50.2 Å². The predicted octanol–water partition coefficient (Wildman–Crippen LogP) is 2.71. The van der Waals surface area contributed by atoms with E-state index in [0.717, 1.165) is 51.1 Å². The van der Waals surface area contributed by atoms with Gasteiger partial charge in [-0.2, -0.15) is 0 Å². The molecule has 1 aromatic rings. The average Bonchev–Trinajstić information content (AvgIpc) is 2.63. The summed E-state index contributed by atoms with van der Waals surface area (Å²) in [6, 6.07) is 7.61. The summed E-state index contributed by atoms with van der Waals surface area (Å²) in [4.78, 5) is 26.9. The Morgan fingerprint density at radius 3 is 2.15 bits per heavy atom. The van der Waals surface area contributed by atoms with Gasteiger partial charge in [-0.3, -0.25) is 4.79 Å². The maximum absolute atomic E-state index is 12.6. The topological polar surface area (TPSA) is 63.5 Å². The van der Waals surface area contributed by atoms with Crippen LogP contribution in [-0.2, 0) is 58.6 Å². The molecule has 7 heteroatoms. The largest absolute Gasteiger partial charge is 0.659 e. The number of amides is 1. The first-order valence-electron chi connectivity index (χ1n) is 8.78. The monoisotopic (exact) mass is 600 g/mol. The molecule has 1 aliphatic carbocycles. The first kappa shape index (κ1) is 23.8. The van der Waals surface area contributed by atoms with E-state index < -0.39 is 5.54 Å². The number of benzene rings is 1. The van der Waals surface area contributed by atoms with Crippen LogP contribution < -0.4 is 10.2 Å². The van der Waals surface area contributed by atoms with Crippen LogP contribution >= 0.6 is 0 Å². The summed E-state index contributed by atoms with van der Waals surface area (Å²) in [7, 11) is 0. The van der Waals surface area contributed by atoms with Gasteiger partial charge in [0.1, 0.15) is 0 Å². The zero-order valence-electron chi connectivity index (χ0n) is 15.1. The van der Waals surface area contributed by atoms with Gasteiger partial charge in [-0.1, -0.05) is 19.3 Å². The third kappa shape index (κ3) is 5.64. The summed E-state index contributed by atoms with van der Waals surface area (Å²) in [6.07, 6.45) is 4.41. The van der Waals surface area contributed by atoms with E-state index in [4.69, 9.17) is 0 Å². The van der Waals surface area contributed by atoms with Crippen molar-refractivity contribution in [2.24, 2.45) is 0 Å². The number of hydrogen-bond donors (Lipinski definition) is 1. The number of nitrogens with one attached hydrogen (secondary N) is 1. The summed E-state index contributed by atoms with van der Waals surface area (Å²) >= 11 is 0. The molecule has 26 heavy (non-hydrogen) atoms. The Morgan fingerprint density at radius 1 is 1.04 bits per heavy atom. The fraction of sp³-hybridized carbons (Fsp3) is 0.526. The smallest absolute Gasteiger partial charge is 0.251 e. The van der Waals surface area contributed by atoms with E-state index >= 15 is 0 Å². The summed E-state index contributed by atoms with van der Waals surface area (Å²) in [6.45, 7) is 7.14. The van der Waals surface area contributed by atoms with Crippen LogP contribution in [0.1, 0.15) is 42.5 Å². The van der Waals surface area contributed by atoms with Crippen molar-refractivity contribution in [1.29, 1.82) is 0 Å². The molecule has 1 radical (unpaired) electrons. The van der Waals surface area contributed by atoms with Crippen molar-refractivity contribution in [2.45, 2.75) is 37.6 Å². The van der Waals surface area contributed by atoms with E-state index in [1.165, 1.54) is 0 Å². The van der Waals surface area contributed by atoms with Crippen molar-refractivity contribution in [3.63, 3.8) is 0 Å². The summed E-state index contributed by atoms with van der Waals surface area (Å²) < 4.78 is 0. The molecule has 1 N–H and O–H groups in total. The minimum atomic E-state index is -0.775. The summed E-state index contributed by atoms with van der Waals surface area (Å²) in [5.41, 5.74) is 0.927. The Balaban J connectivity index is 0.00000169. The van der Waals surface area contributed by atoms with Gasteiger partial charge in [-0.25, -0.2) is 0 Å². The third-order valence-electron chi connectivity index (χ3n) is 5.14. The minimum absolute atomic E-state index is 0. The molecule has 139 valence electrons. The molecule has 0 aromatic heterocycles. The molecule has 0 atom stereocenters. The molecular formula is C19H25N3O2WY-2. The van der Waals surface area contributed by atoms with Crippen LogP contribution in [0.5, 0.6) is 0 Å². The fourth-order valence-corrected chi connectivity index (χ4v) is 3.61. The standard InChI is InChI=1S/C19H25N3O2.W.Y/c1-15(23)19(9-3-2-4-10-19)21-18(24)16-5-7-17(8-6-16)22-13-11-20-12-14-22;;/h5-8H,1-4,9-14H2,(H,21,24);;/q-2;;. The zero-order chi connectivity index (χ0) is 17.0. The Hall–Kier alpha value is -0.218. The number of anilines is 1. The van der Waals surface area contributed by atoms with E-state index in [1.807, 2.05) is 24.3 Å². The molecule has 1 saturated heterocycles. The molecule has 1 amide bonds.